The minimum Gasteiger partial charge on any atom is -0.489 e. The third kappa shape index (κ3) is 2.55. The van der Waals surface area contributed by atoms with E-state index in [0.29, 0.717) is 11.4 Å². The van der Waals surface area contributed by atoms with Crippen molar-refractivity contribution >= 4 is 17.6 Å². The number of halogens is 1. The predicted octanol–water partition coefficient (Wildman–Crippen LogP) is 2.93. The molecule has 0 saturated carbocycles. The second kappa shape index (κ2) is 4.57. The molecule has 0 aliphatic carbocycles. The highest BCUT2D eigenvalue weighted by molar-refractivity contribution is 6.32. The number of carboxylic acid groups (broad SMARTS) is 1. The van der Waals surface area contributed by atoms with Gasteiger partial charge >= 0.3 is 5.97 Å². The van der Waals surface area contributed by atoms with Gasteiger partial charge in [-0.25, -0.2) is 0 Å². The van der Waals surface area contributed by atoms with Gasteiger partial charge in [-0.05, 0) is 30.5 Å². The molecule has 1 aliphatic rings. The second-order valence-electron chi connectivity index (χ2n) is 4.64. The minimum absolute atomic E-state index is 0.148. The molecule has 3 nitrogen and oxygen atoms in total. The Hall–Kier alpha value is -1.22. The average molecular weight is 255 g/mol. The first-order valence-electron chi connectivity index (χ1n) is 5.68. The lowest BCUT2D eigenvalue weighted by Gasteiger charge is -2.09. The van der Waals surface area contributed by atoms with Crippen molar-refractivity contribution in [2.45, 2.75) is 32.8 Å². The fourth-order valence-corrected chi connectivity index (χ4v) is 2.41. The molecule has 2 rings (SSSR count). The van der Waals surface area contributed by atoms with Crippen molar-refractivity contribution in [3.8, 4) is 5.75 Å². The standard InChI is InChI=1S/C13H15ClO3/c1-7(13(15)16)3-9-5-10-4-8(2)17-12(10)11(14)6-9/h5-8H,3-4H2,1-2H3,(H,15,16). The Bertz CT molecular complexity index is 456. The smallest absolute Gasteiger partial charge is 0.306 e. The summed E-state index contributed by atoms with van der Waals surface area (Å²) in [5.74, 6) is -0.430. The number of carbonyl (C=O) groups is 1. The maximum atomic E-state index is 10.8. The van der Waals surface area contributed by atoms with Crippen molar-refractivity contribution < 1.29 is 14.6 Å². The van der Waals surface area contributed by atoms with Crippen LogP contribution in [0, 0.1) is 5.92 Å². The van der Waals surface area contributed by atoms with Gasteiger partial charge in [0.15, 0.2) is 0 Å². The van der Waals surface area contributed by atoms with Gasteiger partial charge in [0.05, 0.1) is 10.9 Å². The molecule has 1 N–H and O–H groups in total. The van der Waals surface area contributed by atoms with Crippen molar-refractivity contribution in [3.63, 3.8) is 0 Å². The number of ether oxygens (including phenoxy) is 1. The summed E-state index contributed by atoms with van der Waals surface area (Å²) >= 11 is 6.13. The van der Waals surface area contributed by atoms with Crippen molar-refractivity contribution in [2.24, 2.45) is 5.92 Å². The summed E-state index contributed by atoms with van der Waals surface area (Å²) in [5.41, 5.74) is 2.04. The number of aliphatic carboxylic acids is 1. The van der Waals surface area contributed by atoms with Crippen molar-refractivity contribution in [1.82, 2.24) is 0 Å². The van der Waals surface area contributed by atoms with Crippen molar-refractivity contribution in [2.75, 3.05) is 0 Å². The van der Waals surface area contributed by atoms with E-state index < -0.39 is 11.9 Å². The first kappa shape index (κ1) is 12.2. The predicted molar refractivity (Wildman–Crippen MR) is 65.7 cm³/mol. The van der Waals surface area contributed by atoms with Crippen LogP contribution in [0.15, 0.2) is 12.1 Å². The topological polar surface area (TPSA) is 46.5 Å². The van der Waals surface area contributed by atoms with Gasteiger partial charge in [-0.15, -0.1) is 0 Å². The SMILES string of the molecule is CC1Cc2cc(CC(C)C(=O)O)cc(Cl)c2O1. The lowest BCUT2D eigenvalue weighted by atomic mass is 9.98. The van der Waals surface area contributed by atoms with E-state index in [9.17, 15) is 4.79 Å². The Morgan fingerprint density at radius 2 is 2.35 bits per heavy atom. The molecule has 92 valence electrons. The van der Waals surface area contributed by atoms with Crippen LogP contribution < -0.4 is 4.74 Å². The summed E-state index contributed by atoms with van der Waals surface area (Å²) in [6.07, 6.45) is 1.48. The van der Waals surface area contributed by atoms with E-state index in [0.717, 1.165) is 23.3 Å². The van der Waals surface area contributed by atoms with E-state index >= 15 is 0 Å². The molecule has 0 aromatic heterocycles. The van der Waals surface area contributed by atoms with Gasteiger partial charge in [-0.1, -0.05) is 24.6 Å². The molecule has 17 heavy (non-hydrogen) atoms. The zero-order valence-electron chi connectivity index (χ0n) is 9.87. The van der Waals surface area contributed by atoms with E-state index in [1.54, 1.807) is 13.0 Å². The van der Waals surface area contributed by atoms with Gasteiger partial charge in [0.1, 0.15) is 11.9 Å². The van der Waals surface area contributed by atoms with Crippen molar-refractivity contribution in [1.29, 1.82) is 0 Å². The zero-order chi connectivity index (χ0) is 12.6. The van der Waals surface area contributed by atoms with Crippen LogP contribution in [0.2, 0.25) is 5.02 Å². The highest BCUT2D eigenvalue weighted by atomic mass is 35.5. The fourth-order valence-electron chi connectivity index (χ4n) is 2.11. The Labute approximate surface area is 105 Å². The van der Waals surface area contributed by atoms with Crippen LogP contribution in [0.5, 0.6) is 5.75 Å². The second-order valence-corrected chi connectivity index (χ2v) is 5.05. The summed E-state index contributed by atoms with van der Waals surface area (Å²) in [6.45, 7) is 3.69. The molecule has 1 aromatic rings. The molecular formula is C13H15ClO3. The molecule has 1 heterocycles. The van der Waals surface area contributed by atoms with Crippen LogP contribution in [0.25, 0.3) is 0 Å². The molecule has 2 atom stereocenters. The minimum atomic E-state index is -0.786. The third-order valence-electron chi connectivity index (χ3n) is 2.97. The fraction of sp³-hybridized carbons (Fsp3) is 0.462. The van der Waals surface area contributed by atoms with E-state index in [-0.39, 0.29) is 6.10 Å². The van der Waals surface area contributed by atoms with Crippen LogP contribution in [0.4, 0.5) is 0 Å². The molecule has 0 saturated heterocycles. The Balaban J connectivity index is 2.24. The molecule has 0 bridgehead atoms. The van der Waals surface area contributed by atoms with Gasteiger partial charge in [0, 0.05) is 6.42 Å². The Kier molecular flexibility index (Phi) is 3.29. The Morgan fingerprint density at radius 3 is 3.00 bits per heavy atom. The van der Waals surface area contributed by atoms with Crippen LogP contribution in [0.1, 0.15) is 25.0 Å². The molecule has 0 amide bonds. The molecular weight excluding hydrogens is 240 g/mol. The van der Waals surface area contributed by atoms with Gasteiger partial charge < -0.3 is 9.84 Å². The van der Waals surface area contributed by atoms with E-state index in [1.807, 2.05) is 13.0 Å². The molecule has 0 radical (unpaired) electrons. The summed E-state index contributed by atoms with van der Waals surface area (Å²) in [6, 6.07) is 3.81. The normalized spacial score (nSPS) is 19.6. The largest absolute Gasteiger partial charge is 0.489 e. The van der Waals surface area contributed by atoms with E-state index in [2.05, 4.69) is 0 Å². The molecule has 1 aromatic carbocycles. The number of hydrogen-bond donors (Lipinski definition) is 1. The van der Waals surface area contributed by atoms with Gasteiger partial charge in [-0.3, -0.25) is 4.79 Å². The summed E-state index contributed by atoms with van der Waals surface area (Å²) in [4.78, 5) is 10.8. The van der Waals surface area contributed by atoms with Gasteiger partial charge in [0.25, 0.3) is 0 Å². The van der Waals surface area contributed by atoms with Gasteiger partial charge in [0.2, 0.25) is 0 Å². The highest BCUT2D eigenvalue weighted by Gasteiger charge is 2.23. The maximum absolute atomic E-state index is 10.8. The first-order valence-corrected chi connectivity index (χ1v) is 6.06. The number of benzene rings is 1. The monoisotopic (exact) mass is 254 g/mol. The molecule has 0 spiro atoms. The van der Waals surface area contributed by atoms with E-state index in [4.69, 9.17) is 21.4 Å². The summed E-state index contributed by atoms with van der Waals surface area (Å²) < 4.78 is 5.60. The van der Waals surface area contributed by atoms with Crippen LogP contribution in [-0.2, 0) is 17.6 Å². The number of hydrogen-bond acceptors (Lipinski definition) is 2. The maximum Gasteiger partial charge on any atom is 0.306 e. The lowest BCUT2D eigenvalue weighted by molar-refractivity contribution is -0.141. The molecule has 4 heteroatoms. The van der Waals surface area contributed by atoms with Crippen LogP contribution >= 0.6 is 11.6 Å². The van der Waals surface area contributed by atoms with Crippen LogP contribution in [-0.4, -0.2) is 17.2 Å². The van der Waals surface area contributed by atoms with E-state index in [1.165, 1.54) is 0 Å². The molecule has 2 unspecified atom stereocenters. The molecule has 0 fully saturated rings. The Morgan fingerprint density at radius 1 is 1.65 bits per heavy atom. The first-order chi connectivity index (χ1) is 7.97. The third-order valence-corrected chi connectivity index (χ3v) is 3.25. The lowest BCUT2D eigenvalue weighted by Crippen LogP contribution is -2.12. The van der Waals surface area contributed by atoms with Gasteiger partial charge in [-0.2, -0.15) is 0 Å². The number of rotatable bonds is 3. The zero-order valence-corrected chi connectivity index (χ0v) is 10.6. The average Bonchev–Trinajstić information content (AvgIpc) is 2.59. The highest BCUT2D eigenvalue weighted by Crippen LogP contribution is 2.37. The van der Waals surface area contributed by atoms with Crippen molar-refractivity contribution in [3.05, 3.63) is 28.3 Å². The summed E-state index contributed by atoms with van der Waals surface area (Å²) in [5, 5.41) is 9.47. The number of carboxylic acids is 1. The number of fused-ring (bicyclic) bond motifs is 1. The van der Waals surface area contributed by atoms with Crippen LogP contribution in [0.3, 0.4) is 0 Å². The summed E-state index contributed by atoms with van der Waals surface area (Å²) in [7, 11) is 0. The molecule has 1 aliphatic heterocycles. The quantitative estimate of drug-likeness (QED) is 0.902.